The Morgan fingerprint density at radius 1 is 1.41 bits per heavy atom. The predicted molar refractivity (Wildman–Crippen MR) is 62.8 cm³/mol. The van der Waals surface area contributed by atoms with E-state index in [1.807, 2.05) is 6.92 Å². The second kappa shape index (κ2) is 4.20. The van der Waals surface area contributed by atoms with Gasteiger partial charge in [0.1, 0.15) is 11.1 Å². The molecule has 1 fully saturated rings. The molecule has 1 aliphatic heterocycles. The van der Waals surface area contributed by atoms with Crippen LogP contribution in [0.3, 0.4) is 0 Å². The van der Waals surface area contributed by atoms with E-state index < -0.39 is 23.2 Å². The van der Waals surface area contributed by atoms with Gasteiger partial charge in [0.15, 0.2) is 0 Å². The Kier molecular flexibility index (Phi) is 3.41. The molecular weight excluding hydrogens is 222 g/mol. The number of hydrogen-bond acceptors (Lipinski definition) is 3. The average molecular weight is 243 g/mol. The van der Waals surface area contributed by atoms with E-state index in [1.165, 1.54) is 4.90 Å². The maximum Gasteiger partial charge on any atom is 0.411 e. The van der Waals surface area contributed by atoms with Gasteiger partial charge in [0.05, 0.1) is 0 Å². The second-order valence-electron chi connectivity index (χ2n) is 5.98. The van der Waals surface area contributed by atoms with Crippen molar-refractivity contribution in [2.75, 3.05) is 6.54 Å². The van der Waals surface area contributed by atoms with E-state index in [9.17, 15) is 14.7 Å². The van der Waals surface area contributed by atoms with Crippen molar-refractivity contribution in [3.63, 3.8) is 0 Å². The monoisotopic (exact) mass is 243 g/mol. The van der Waals surface area contributed by atoms with Gasteiger partial charge in [-0.3, -0.25) is 4.90 Å². The number of amides is 1. The van der Waals surface area contributed by atoms with Gasteiger partial charge in [-0.05, 0) is 40.0 Å². The molecule has 0 saturated carbocycles. The molecule has 1 amide bonds. The Morgan fingerprint density at radius 3 is 2.35 bits per heavy atom. The molecule has 98 valence electrons. The number of nitrogens with zero attached hydrogens (tertiary/aromatic N) is 1. The van der Waals surface area contributed by atoms with Gasteiger partial charge in [0.2, 0.25) is 0 Å². The third-order valence-corrected chi connectivity index (χ3v) is 2.91. The molecule has 0 aromatic rings. The third-order valence-electron chi connectivity index (χ3n) is 2.91. The lowest BCUT2D eigenvalue weighted by Crippen LogP contribution is -2.52. The predicted octanol–water partition coefficient (Wildman–Crippen LogP) is 2.11. The minimum absolute atomic E-state index is 0.170. The summed E-state index contributed by atoms with van der Waals surface area (Å²) in [5.74, 6) is -0.809. The second-order valence-corrected chi connectivity index (χ2v) is 5.98. The van der Waals surface area contributed by atoms with Crippen LogP contribution >= 0.6 is 0 Å². The molecule has 0 spiro atoms. The van der Waals surface area contributed by atoms with Crippen LogP contribution in [0.4, 0.5) is 4.79 Å². The summed E-state index contributed by atoms with van der Waals surface area (Å²) < 4.78 is 5.24. The molecule has 0 bridgehead atoms. The number of rotatable bonds is 1. The van der Waals surface area contributed by atoms with E-state index >= 15 is 0 Å². The first-order chi connectivity index (χ1) is 7.56. The molecule has 1 N–H and O–H groups in total. The molecule has 0 aromatic heterocycles. The summed E-state index contributed by atoms with van der Waals surface area (Å²) in [5, 5.41) is 9.26. The van der Waals surface area contributed by atoms with Crippen LogP contribution in [-0.4, -0.2) is 39.8 Å². The topological polar surface area (TPSA) is 66.8 Å². The fourth-order valence-electron chi connectivity index (χ4n) is 2.16. The molecule has 0 radical (unpaired) electrons. The standard InChI is InChI=1S/C12H21NO4/c1-8-6-12(5,9(14)15)13(7-8)10(16)17-11(2,3)4/h8H,6-7H2,1-5H3,(H,14,15). The van der Waals surface area contributed by atoms with Crippen LogP contribution in [0.25, 0.3) is 0 Å². The Labute approximate surface area is 102 Å². The number of carbonyl (C=O) groups excluding carboxylic acids is 1. The minimum Gasteiger partial charge on any atom is -0.480 e. The summed E-state index contributed by atoms with van der Waals surface area (Å²) in [6.07, 6.45) is -0.0894. The summed E-state index contributed by atoms with van der Waals surface area (Å²) in [6, 6.07) is 0. The highest BCUT2D eigenvalue weighted by Crippen LogP contribution is 2.34. The smallest absolute Gasteiger partial charge is 0.411 e. The maximum atomic E-state index is 12.0. The van der Waals surface area contributed by atoms with Crippen LogP contribution in [-0.2, 0) is 9.53 Å². The van der Waals surface area contributed by atoms with Crippen molar-refractivity contribution < 1.29 is 19.4 Å². The maximum absolute atomic E-state index is 12.0. The zero-order valence-corrected chi connectivity index (χ0v) is 11.1. The molecule has 17 heavy (non-hydrogen) atoms. The Balaban J connectivity index is 2.88. The summed E-state index contributed by atoms with van der Waals surface area (Å²) >= 11 is 0. The lowest BCUT2D eigenvalue weighted by atomic mass is 9.95. The van der Waals surface area contributed by atoms with Gasteiger partial charge in [0.25, 0.3) is 0 Å². The minimum atomic E-state index is -1.15. The van der Waals surface area contributed by atoms with E-state index in [4.69, 9.17) is 4.74 Å². The molecule has 5 nitrogen and oxygen atoms in total. The van der Waals surface area contributed by atoms with Crippen molar-refractivity contribution in [2.24, 2.45) is 5.92 Å². The summed E-state index contributed by atoms with van der Waals surface area (Å²) in [4.78, 5) is 24.6. The van der Waals surface area contributed by atoms with Crippen molar-refractivity contribution >= 4 is 12.1 Å². The lowest BCUT2D eigenvalue weighted by Gasteiger charge is -2.32. The van der Waals surface area contributed by atoms with Gasteiger partial charge in [-0.2, -0.15) is 0 Å². The van der Waals surface area contributed by atoms with E-state index in [0.29, 0.717) is 13.0 Å². The number of aliphatic carboxylic acids is 1. The van der Waals surface area contributed by atoms with Crippen LogP contribution in [0, 0.1) is 5.92 Å². The van der Waals surface area contributed by atoms with Gasteiger partial charge < -0.3 is 9.84 Å². The largest absolute Gasteiger partial charge is 0.480 e. The van der Waals surface area contributed by atoms with Crippen molar-refractivity contribution in [1.82, 2.24) is 4.90 Å². The van der Waals surface area contributed by atoms with Crippen LogP contribution in [0.15, 0.2) is 0 Å². The molecule has 1 aliphatic rings. The fourth-order valence-corrected chi connectivity index (χ4v) is 2.16. The third kappa shape index (κ3) is 2.90. The molecule has 1 heterocycles. The van der Waals surface area contributed by atoms with Crippen molar-refractivity contribution in [2.45, 2.75) is 52.2 Å². The first-order valence-corrected chi connectivity index (χ1v) is 5.80. The van der Waals surface area contributed by atoms with Crippen molar-refractivity contribution in [3.05, 3.63) is 0 Å². The molecule has 2 atom stereocenters. The zero-order chi connectivity index (χ0) is 13.4. The molecule has 0 aliphatic carbocycles. The zero-order valence-electron chi connectivity index (χ0n) is 11.1. The van der Waals surface area contributed by atoms with Crippen LogP contribution in [0.1, 0.15) is 41.0 Å². The Bertz CT molecular complexity index is 334. The van der Waals surface area contributed by atoms with Crippen LogP contribution in [0.2, 0.25) is 0 Å². The Hall–Kier alpha value is -1.26. The number of hydrogen-bond donors (Lipinski definition) is 1. The van der Waals surface area contributed by atoms with E-state index in [0.717, 1.165) is 0 Å². The number of carbonyl (C=O) groups is 2. The van der Waals surface area contributed by atoms with E-state index in [-0.39, 0.29) is 5.92 Å². The average Bonchev–Trinajstić information content (AvgIpc) is 2.40. The van der Waals surface area contributed by atoms with Crippen LogP contribution < -0.4 is 0 Å². The highest BCUT2D eigenvalue weighted by molar-refractivity contribution is 5.84. The quantitative estimate of drug-likeness (QED) is 0.766. The van der Waals surface area contributed by atoms with Crippen molar-refractivity contribution in [3.8, 4) is 0 Å². The van der Waals surface area contributed by atoms with Gasteiger partial charge >= 0.3 is 12.1 Å². The number of ether oxygens (including phenoxy) is 1. The normalized spacial score (nSPS) is 29.2. The van der Waals surface area contributed by atoms with E-state index in [2.05, 4.69) is 0 Å². The van der Waals surface area contributed by atoms with Crippen LogP contribution in [0.5, 0.6) is 0 Å². The molecule has 0 aromatic carbocycles. The molecule has 2 unspecified atom stereocenters. The summed E-state index contributed by atoms with van der Waals surface area (Å²) in [6.45, 7) is 9.24. The number of carboxylic acid groups (broad SMARTS) is 1. The lowest BCUT2D eigenvalue weighted by molar-refractivity contribution is -0.148. The van der Waals surface area contributed by atoms with Crippen molar-refractivity contribution in [1.29, 1.82) is 0 Å². The highest BCUT2D eigenvalue weighted by atomic mass is 16.6. The molecule has 1 saturated heterocycles. The number of likely N-dealkylation sites (tertiary alicyclic amines) is 1. The van der Waals surface area contributed by atoms with Gasteiger partial charge in [-0.25, -0.2) is 9.59 Å². The van der Waals surface area contributed by atoms with Gasteiger partial charge in [-0.1, -0.05) is 6.92 Å². The molecular formula is C12H21NO4. The van der Waals surface area contributed by atoms with Gasteiger partial charge in [0, 0.05) is 6.54 Å². The van der Waals surface area contributed by atoms with E-state index in [1.54, 1.807) is 27.7 Å². The highest BCUT2D eigenvalue weighted by Gasteiger charge is 2.50. The Morgan fingerprint density at radius 2 is 1.94 bits per heavy atom. The fraction of sp³-hybridized carbons (Fsp3) is 0.833. The van der Waals surface area contributed by atoms with Gasteiger partial charge in [-0.15, -0.1) is 0 Å². The summed E-state index contributed by atoms with van der Waals surface area (Å²) in [7, 11) is 0. The first kappa shape index (κ1) is 13.8. The first-order valence-electron chi connectivity index (χ1n) is 5.80. The summed E-state index contributed by atoms with van der Waals surface area (Å²) in [5.41, 5.74) is -1.76. The molecule has 1 rings (SSSR count). The number of carboxylic acids is 1. The SMILES string of the molecule is CC1CN(C(=O)OC(C)(C)C)C(C)(C(=O)O)C1. The molecule has 5 heteroatoms.